The number of rotatable bonds is 4. The number of nitrogens with one attached hydrogen (secondary N) is 1. The number of nitrogens with two attached hydrogens (primary N) is 1. The molecule has 7 nitrogen and oxygen atoms in total. The molecule has 2 aromatic heterocycles. The highest BCUT2D eigenvalue weighted by Crippen LogP contribution is 2.31. The van der Waals surface area contributed by atoms with Crippen LogP contribution in [-0.4, -0.2) is 30.1 Å². The molecule has 0 spiro atoms. The zero-order valence-electron chi connectivity index (χ0n) is 13.1. The first-order chi connectivity index (χ1) is 11.4. The van der Waals surface area contributed by atoms with E-state index in [-0.39, 0.29) is 27.8 Å². The first-order valence-corrected chi connectivity index (χ1v) is 8.64. The topological polar surface area (TPSA) is 102 Å². The van der Waals surface area contributed by atoms with Crippen molar-refractivity contribution in [1.29, 1.82) is 0 Å². The van der Waals surface area contributed by atoms with E-state index in [0.717, 1.165) is 12.1 Å². The van der Waals surface area contributed by atoms with E-state index in [1.165, 1.54) is 16.6 Å². The molecule has 9 heteroatoms. The lowest BCUT2D eigenvalue weighted by Crippen LogP contribution is -2.08. The minimum atomic E-state index is -3.94. The van der Waals surface area contributed by atoms with Crippen molar-refractivity contribution in [2.75, 3.05) is 12.4 Å². The Morgan fingerprint density at radius 1 is 1.29 bits per heavy atom. The smallest absolute Gasteiger partial charge is 0.214 e. The van der Waals surface area contributed by atoms with Crippen molar-refractivity contribution in [3.05, 3.63) is 47.5 Å². The second-order valence-electron chi connectivity index (χ2n) is 5.21. The maximum Gasteiger partial charge on any atom is 0.214 e. The van der Waals surface area contributed by atoms with Crippen molar-refractivity contribution in [1.82, 2.24) is 14.6 Å². The molecule has 2 heterocycles. The van der Waals surface area contributed by atoms with Crippen LogP contribution in [0.1, 0.15) is 11.4 Å². The van der Waals surface area contributed by atoms with E-state index in [1.54, 1.807) is 20.0 Å². The highest BCUT2D eigenvalue weighted by Gasteiger charge is 2.29. The molecule has 0 unspecified atom stereocenters. The van der Waals surface area contributed by atoms with Crippen molar-refractivity contribution in [3.8, 4) is 0 Å². The third-order valence-electron chi connectivity index (χ3n) is 3.59. The van der Waals surface area contributed by atoms with Gasteiger partial charge in [-0.3, -0.25) is 0 Å². The second kappa shape index (κ2) is 5.84. The molecular formula is C15H16FN5O2S. The van der Waals surface area contributed by atoms with Gasteiger partial charge in [0, 0.05) is 19.3 Å². The first kappa shape index (κ1) is 16.3. The molecule has 3 aromatic rings. The Hall–Kier alpha value is -2.52. The van der Waals surface area contributed by atoms with E-state index < -0.39 is 15.7 Å². The molecular weight excluding hydrogens is 333 g/mol. The predicted molar refractivity (Wildman–Crippen MR) is 87.0 cm³/mol. The van der Waals surface area contributed by atoms with Crippen molar-refractivity contribution in [2.24, 2.45) is 5.73 Å². The number of aryl methyl sites for hydroxylation is 1. The fourth-order valence-corrected chi connectivity index (χ4v) is 3.98. The Kier molecular flexibility index (Phi) is 3.98. The van der Waals surface area contributed by atoms with Crippen molar-refractivity contribution < 1.29 is 12.8 Å². The maximum atomic E-state index is 13.1. The Labute approximate surface area is 138 Å². The molecule has 126 valence electrons. The zero-order valence-corrected chi connectivity index (χ0v) is 13.9. The molecule has 0 aliphatic carbocycles. The van der Waals surface area contributed by atoms with Crippen LogP contribution in [0.25, 0.3) is 5.65 Å². The fraction of sp³-hybridized carbons (Fsp3) is 0.200. The van der Waals surface area contributed by atoms with Crippen LogP contribution < -0.4 is 11.1 Å². The third-order valence-corrected chi connectivity index (χ3v) is 5.39. The number of hydrogen-bond donors (Lipinski definition) is 2. The van der Waals surface area contributed by atoms with Crippen LogP contribution >= 0.6 is 0 Å². The number of fused-ring (bicyclic) bond motifs is 1. The van der Waals surface area contributed by atoms with Gasteiger partial charge in [0.15, 0.2) is 16.4 Å². The van der Waals surface area contributed by atoms with E-state index in [0.29, 0.717) is 11.4 Å². The van der Waals surface area contributed by atoms with Gasteiger partial charge >= 0.3 is 0 Å². The maximum absolute atomic E-state index is 13.1. The predicted octanol–water partition coefficient (Wildman–Crippen LogP) is 1.51. The molecule has 3 N–H and O–H groups in total. The second-order valence-corrected chi connectivity index (χ2v) is 7.10. The van der Waals surface area contributed by atoms with Crippen LogP contribution in [0.2, 0.25) is 0 Å². The van der Waals surface area contributed by atoms with Crippen LogP contribution in [0, 0.1) is 12.7 Å². The summed E-state index contributed by atoms with van der Waals surface area (Å²) in [6.07, 6.45) is 0. The first-order valence-electron chi connectivity index (χ1n) is 7.16. The van der Waals surface area contributed by atoms with E-state index in [4.69, 9.17) is 5.73 Å². The fourth-order valence-electron chi connectivity index (χ4n) is 2.48. The van der Waals surface area contributed by atoms with Gasteiger partial charge in [0.05, 0.1) is 10.6 Å². The van der Waals surface area contributed by atoms with Gasteiger partial charge in [-0.1, -0.05) is 0 Å². The lowest BCUT2D eigenvalue weighted by atomic mass is 10.3. The van der Waals surface area contributed by atoms with E-state index in [1.807, 2.05) is 0 Å². The number of anilines is 1. The van der Waals surface area contributed by atoms with E-state index in [9.17, 15) is 12.8 Å². The van der Waals surface area contributed by atoms with Gasteiger partial charge < -0.3 is 11.1 Å². The normalized spacial score (nSPS) is 11.8. The monoisotopic (exact) mass is 349 g/mol. The average Bonchev–Trinajstić information content (AvgIpc) is 2.93. The lowest BCUT2D eigenvalue weighted by Gasteiger charge is -2.06. The highest BCUT2D eigenvalue weighted by molar-refractivity contribution is 7.91. The van der Waals surface area contributed by atoms with Crippen molar-refractivity contribution in [2.45, 2.75) is 23.3 Å². The van der Waals surface area contributed by atoms with Gasteiger partial charge in [-0.15, -0.1) is 5.10 Å². The van der Waals surface area contributed by atoms with Crippen LogP contribution in [0.3, 0.4) is 0 Å². The molecule has 0 bridgehead atoms. The van der Waals surface area contributed by atoms with Crippen molar-refractivity contribution in [3.63, 3.8) is 0 Å². The van der Waals surface area contributed by atoms with Crippen LogP contribution in [-0.2, 0) is 16.4 Å². The molecule has 24 heavy (non-hydrogen) atoms. The standard InChI is InChI=1S/C15H16FN5O2S/c1-9-7-11(8-17)21-15(19-9)13(14(18-2)20-21)24(22,23)12-5-3-10(16)4-6-12/h3-7H,8,17H2,1-2H3,(H,18,20). The molecule has 0 saturated carbocycles. The molecule has 0 amide bonds. The number of sulfone groups is 1. The summed E-state index contributed by atoms with van der Waals surface area (Å²) in [5.41, 5.74) is 7.17. The molecule has 0 aliphatic heterocycles. The highest BCUT2D eigenvalue weighted by atomic mass is 32.2. The van der Waals surface area contributed by atoms with Gasteiger partial charge in [-0.2, -0.15) is 0 Å². The molecule has 0 atom stereocenters. The molecule has 3 rings (SSSR count). The van der Waals surface area contributed by atoms with E-state index in [2.05, 4.69) is 15.4 Å². The van der Waals surface area contributed by atoms with E-state index >= 15 is 0 Å². The van der Waals surface area contributed by atoms with Crippen LogP contribution in [0.15, 0.2) is 40.1 Å². The van der Waals surface area contributed by atoms with Crippen molar-refractivity contribution >= 4 is 21.3 Å². The number of benzene rings is 1. The van der Waals surface area contributed by atoms with Gasteiger partial charge in [0.1, 0.15) is 5.82 Å². The molecule has 1 aromatic carbocycles. The van der Waals surface area contributed by atoms with Crippen LogP contribution in [0.5, 0.6) is 0 Å². The molecule has 0 radical (unpaired) electrons. The Balaban J connectivity index is 2.36. The average molecular weight is 349 g/mol. The summed E-state index contributed by atoms with van der Waals surface area (Å²) in [5, 5.41) is 7.04. The number of nitrogens with zero attached hydrogens (tertiary/aromatic N) is 3. The quantitative estimate of drug-likeness (QED) is 0.692. The number of halogens is 1. The summed E-state index contributed by atoms with van der Waals surface area (Å²) in [5.74, 6) is -0.353. The number of aromatic nitrogens is 3. The lowest BCUT2D eigenvalue weighted by molar-refractivity contribution is 0.595. The summed E-state index contributed by atoms with van der Waals surface area (Å²) in [6, 6.07) is 6.37. The minimum Gasteiger partial charge on any atom is -0.370 e. The Bertz CT molecular complexity index is 1010. The molecule has 0 aliphatic rings. The van der Waals surface area contributed by atoms with Gasteiger partial charge in [0.2, 0.25) is 9.84 Å². The summed E-state index contributed by atoms with van der Waals surface area (Å²) in [6.45, 7) is 1.93. The Morgan fingerprint density at radius 2 is 1.96 bits per heavy atom. The summed E-state index contributed by atoms with van der Waals surface area (Å²) >= 11 is 0. The summed E-state index contributed by atoms with van der Waals surface area (Å²) in [7, 11) is -2.37. The molecule has 0 saturated heterocycles. The Morgan fingerprint density at radius 3 is 2.54 bits per heavy atom. The summed E-state index contributed by atoms with van der Waals surface area (Å²) < 4.78 is 40.6. The SMILES string of the molecule is CNc1nn2c(CN)cc(C)nc2c1S(=O)(=O)c1ccc(F)cc1. The zero-order chi connectivity index (χ0) is 17.5. The van der Waals surface area contributed by atoms with Crippen LogP contribution in [0.4, 0.5) is 10.2 Å². The number of hydrogen-bond acceptors (Lipinski definition) is 6. The minimum absolute atomic E-state index is 0.0343. The van der Waals surface area contributed by atoms with Gasteiger partial charge in [-0.05, 0) is 37.3 Å². The molecule has 0 fully saturated rings. The van der Waals surface area contributed by atoms with Gasteiger partial charge in [-0.25, -0.2) is 22.3 Å². The summed E-state index contributed by atoms with van der Waals surface area (Å²) in [4.78, 5) is 4.22. The third kappa shape index (κ3) is 2.51. The largest absolute Gasteiger partial charge is 0.370 e. The van der Waals surface area contributed by atoms with Gasteiger partial charge in [0.25, 0.3) is 0 Å².